The number of benzene rings is 1. The van der Waals surface area contributed by atoms with Crippen molar-refractivity contribution in [1.29, 1.82) is 5.26 Å². The molecule has 10 nitrogen and oxygen atoms in total. The van der Waals surface area contributed by atoms with E-state index in [0.29, 0.717) is 30.4 Å². The predicted molar refractivity (Wildman–Crippen MR) is 171 cm³/mol. The van der Waals surface area contributed by atoms with Crippen molar-refractivity contribution in [2.45, 2.75) is 51.0 Å². The van der Waals surface area contributed by atoms with Gasteiger partial charge in [-0.2, -0.15) is 10.4 Å². The van der Waals surface area contributed by atoms with E-state index in [1.807, 2.05) is 68.1 Å². The van der Waals surface area contributed by atoms with Crippen LogP contribution in [-0.4, -0.2) is 55.4 Å². The van der Waals surface area contributed by atoms with Crippen LogP contribution in [0.25, 0.3) is 11.1 Å². The van der Waals surface area contributed by atoms with Gasteiger partial charge in [-0.3, -0.25) is 14.5 Å². The number of anilines is 1. The molecule has 10 heteroatoms. The summed E-state index contributed by atoms with van der Waals surface area (Å²) in [6.45, 7) is 2.12. The average Bonchev–Trinajstić information content (AvgIpc) is 3.75. The summed E-state index contributed by atoms with van der Waals surface area (Å²) in [5, 5.41) is 26.7. The van der Waals surface area contributed by atoms with Crippen LogP contribution < -0.4 is 10.2 Å². The Morgan fingerprint density at radius 3 is 2.51 bits per heavy atom. The molecule has 2 atom stereocenters. The minimum absolute atomic E-state index is 0.01000. The molecule has 4 heterocycles. The summed E-state index contributed by atoms with van der Waals surface area (Å²) in [6, 6.07) is 16.2. The van der Waals surface area contributed by atoms with Crippen molar-refractivity contribution in [1.82, 2.24) is 30.0 Å². The largest absolute Gasteiger partial charge is 0.396 e. The van der Waals surface area contributed by atoms with E-state index in [0.717, 1.165) is 73.3 Å². The Kier molecular flexibility index (Phi) is 9.46. The number of amides is 1. The van der Waals surface area contributed by atoms with E-state index in [1.165, 1.54) is 0 Å². The first-order chi connectivity index (χ1) is 22.0. The van der Waals surface area contributed by atoms with Gasteiger partial charge in [-0.1, -0.05) is 36.4 Å². The van der Waals surface area contributed by atoms with Gasteiger partial charge in [0.25, 0.3) is 0 Å². The van der Waals surface area contributed by atoms with Gasteiger partial charge >= 0.3 is 0 Å². The Morgan fingerprint density at radius 2 is 1.84 bits per heavy atom. The molecule has 1 aliphatic heterocycles. The number of nitrogens with one attached hydrogen (secondary N) is 1. The summed E-state index contributed by atoms with van der Waals surface area (Å²) in [5.74, 6) is 1.89. The van der Waals surface area contributed by atoms with Gasteiger partial charge in [-0.05, 0) is 55.6 Å². The number of rotatable bonds is 10. The van der Waals surface area contributed by atoms with E-state index < -0.39 is 0 Å². The molecule has 3 aromatic heterocycles. The number of hydrogen-bond acceptors (Lipinski definition) is 8. The van der Waals surface area contributed by atoms with Gasteiger partial charge in [-0.25, -0.2) is 9.97 Å². The monoisotopic (exact) mass is 604 g/mol. The van der Waals surface area contributed by atoms with Gasteiger partial charge in [0.2, 0.25) is 5.91 Å². The summed E-state index contributed by atoms with van der Waals surface area (Å²) in [6.07, 6.45) is 12.7. The number of aryl methyl sites for hydroxylation is 1. The Hall–Kier alpha value is -4.62. The van der Waals surface area contributed by atoms with Crippen molar-refractivity contribution >= 4 is 11.7 Å². The number of nitriles is 1. The van der Waals surface area contributed by atoms with Gasteiger partial charge in [0.1, 0.15) is 23.3 Å². The molecule has 232 valence electrons. The second kappa shape index (κ2) is 14.0. The van der Waals surface area contributed by atoms with Crippen LogP contribution in [0.4, 0.5) is 5.82 Å². The molecule has 1 amide bonds. The minimum atomic E-state index is -0.343. The number of aromatic nitrogens is 5. The Bertz CT molecular complexity index is 1620. The van der Waals surface area contributed by atoms with Gasteiger partial charge in [0, 0.05) is 69.1 Å². The van der Waals surface area contributed by atoms with Crippen molar-refractivity contribution in [3.8, 4) is 17.2 Å². The van der Waals surface area contributed by atoms with E-state index in [-0.39, 0.29) is 30.3 Å². The molecule has 2 N–H and O–H groups in total. The number of aliphatic hydroxyl groups excluding tert-OH is 1. The summed E-state index contributed by atoms with van der Waals surface area (Å²) in [5.41, 5.74) is 4.31. The molecule has 6 rings (SSSR count). The maximum atomic E-state index is 13.8. The number of hydrogen-bond donors (Lipinski definition) is 2. The normalized spacial score (nSPS) is 20.5. The van der Waals surface area contributed by atoms with E-state index in [1.54, 1.807) is 10.9 Å². The van der Waals surface area contributed by atoms with E-state index in [9.17, 15) is 15.2 Å². The van der Waals surface area contributed by atoms with E-state index in [4.69, 9.17) is 9.97 Å². The first-order valence-electron chi connectivity index (χ1n) is 15.9. The number of nitrogens with zero attached hydrogens (tertiary/aromatic N) is 7. The van der Waals surface area contributed by atoms with E-state index in [2.05, 4.69) is 26.4 Å². The second-order valence-corrected chi connectivity index (χ2v) is 12.5. The number of carbonyl (C=O) groups is 1. The van der Waals surface area contributed by atoms with Gasteiger partial charge < -0.3 is 15.3 Å². The summed E-state index contributed by atoms with van der Waals surface area (Å²) >= 11 is 0. The third-order valence-electron chi connectivity index (χ3n) is 9.35. The van der Waals surface area contributed by atoms with Gasteiger partial charge in [0.15, 0.2) is 0 Å². The average molecular weight is 605 g/mol. The van der Waals surface area contributed by atoms with Crippen molar-refractivity contribution < 1.29 is 9.90 Å². The van der Waals surface area contributed by atoms with Gasteiger partial charge in [-0.15, -0.1) is 0 Å². The lowest BCUT2D eigenvalue weighted by molar-refractivity contribution is -0.124. The Morgan fingerprint density at radius 1 is 1.02 bits per heavy atom. The second-order valence-electron chi connectivity index (χ2n) is 12.5. The molecule has 2 aliphatic rings. The quantitative estimate of drug-likeness (QED) is 0.272. The van der Waals surface area contributed by atoms with Crippen LogP contribution in [0.1, 0.15) is 60.7 Å². The molecule has 2 fully saturated rings. The highest BCUT2D eigenvalue weighted by molar-refractivity contribution is 5.83. The molecule has 2 unspecified atom stereocenters. The predicted octanol–water partition coefficient (Wildman–Crippen LogP) is 4.41. The van der Waals surface area contributed by atoms with Crippen LogP contribution in [0.5, 0.6) is 0 Å². The summed E-state index contributed by atoms with van der Waals surface area (Å²) < 4.78 is 1.77. The SMILES string of the molecule is Cn1cc(-c2ccc(C(C(=O)NCc3ccccc3)C3CCC(Cc4ncc(C#N)c(N5CCC(CO)C5)n4)CC3)nc2)cn1. The lowest BCUT2D eigenvalue weighted by Gasteiger charge is -2.33. The van der Waals surface area contributed by atoms with Crippen LogP contribution in [0.15, 0.2) is 67.3 Å². The standard InChI is InChI=1S/C35H40N8O2/c1-42-22-30(20-40-42)28-11-12-31(37-18-28)33(35(45)39-17-25-5-3-2-4-6-25)27-9-7-24(8-10-27)15-32-38-19-29(16-36)34(41-32)43-14-13-26(21-43)23-44/h2-6,11-12,18-20,22,24,26-27,33,44H,7-10,13-15,17,21,23H2,1H3,(H,39,45). The number of pyridine rings is 1. The highest BCUT2D eigenvalue weighted by Crippen LogP contribution is 2.39. The Labute approximate surface area is 264 Å². The molecule has 0 radical (unpaired) electrons. The molecular formula is C35H40N8O2. The van der Waals surface area contributed by atoms with Crippen LogP contribution >= 0.6 is 0 Å². The molecule has 45 heavy (non-hydrogen) atoms. The third kappa shape index (κ3) is 7.21. The zero-order valence-corrected chi connectivity index (χ0v) is 25.7. The highest BCUT2D eigenvalue weighted by atomic mass is 16.3. The van der Waals surface area contributed by atoms with Crippen LogP contribution in [0, 0.1) is 29.1 Å². The number of aliphatic hydroxyl groups is 1. The number of carbonyl (C=O) groups excluding carboxylic acids is 1. The minimum Gasteiger partial charge on any atom is -0.396 e. The topological polar surface area (TPSA) is 133 Å². The maximum Gasteiger partial charge on any atom is 0.229 e. The molecular weight excluding hydrogens is 564 g/mol. The molecule has 0 spiro atoms. The van der Waals surface area contributed by atoms with Crippen molar-refractivity contribution in [2.24, 2.45) is 24.8 Å². The van der Waals surface area contributed by atoms with Crippen molar-refractivity contribution in [2.75, 3.05) is 24.6 Å². The highest BCUT2D eigenvalue weighted by Gasteiger charge is 2.35. The maximum absolute atomic E-state index is 13.8. The molecule has 1 saturated heterocycles. The van der Waals surface area contributed by atoms with Crippen LogP contribution in [-0.2, 0) is 24.8 Å². The third-order valence-corrected chi connectivity index (χ3v) is 9.35. The molecule has 1 aliphatic carbocycles. The van der Waals surface area contributed by atoms with Crippen LogP contribution in [0.2, 0.25) is 0 Å². The van der Waals surface area contributed by atoms with Crippen molar-refractivity contribution in [3.63, 3.8) is 0 Å². The fraction of sp³-hybridized carbons (Fsp3) is 0.429. The fourth-order valence-electron chi connectivity index (χ4n) is 6.80. The van der Waals surface area contributed by atoms with Crippen LogP contribution in [0.3, 0.4) is 0 Å². The molecule has 1 saturated carbocycles. The molecule has 1 aromatic carbocycles. The summed E-state index contributed by atoms with van der Waals surface area (Å²) in [7, 11) is 1.89. The zero-order chi connectivity index (χ0) is 31.2. The first-order valence-corrected chi connectivity index (χ1v) is 15.9. The first kappa shape index (κ1) is 30.4. The lowest BCUT2D eigenvalue weighted by atomic mass is 9.73. The Balaban J connectivity index is 1.14. The van der Waals surface area contributed by atoms with Crippen molar-refractivity contribution in [3.05, 3.63) is 89.9 Å². The molecule has 4 aromatic rings. The lowest BCUT2D eigenvalue weighted by Crippen LogP contribution is -2.35. The molecule has 0 bridgehead atoms. The smallest absolute Gasteiger partial charge is 0.229 e. The fourth-order valence-corrected chi connectivity index (χ4v) is 6.80. The zero-order valence-electron chi connectivity index (χ0n) is 25.7. The summed E-state index contributed by atoms with van der Waals surface area (Å²) in [4.78, 5) is 30.1. The van der Waals surface area contributed by atoms with Gasteiger partial charge in [0.05, 0.1) is 24.0 Å². The van der Waals surface area contributed by atoms with E-state index >= 15 is 0 Å².